The van der Waals surface area contributed by atoms with Crippen LogP contribution in [0.15, 0.2) is 36.4 Å². The van der Waals surface area contributed by atoms with Crippen LogP contribution < -0.4 is 15.4 Å². The molecule has 2 heterocycles. The SMILES string of the molecule is Cc1cc2c(c(-c3ccc(Cl)cc3)c1)O[C@H](CNC(=O)[C@@H]1CCC(=O)N1)C2. The van der Waals surface area contributed by atoms with Crippen molar-refractivity contribution in [2.75, 3.05) is 6.54 Å². The van der Waals surface area contributed by atoms with Gasteiger partial charge in [0, 0.05) is 23.4 Å². The standard InChI is InChI=1S/C21H21ClN2O3/c1-12-8-14-10-16(11-23-21(26)18-6-7-19(25)24-18)27-20(14)17(9-12)13-2-4-15(22)5-3-13/h2-5,8-9,16,18H,6-7,10-11H2,1H3,(H,23,26)(H,24,25)/t16-,18-/m0/s1. The largest absolute Gasteiger partial charge is 0.487 e. The number of amides is 2. The van der Waals surface area contributed by atoms with Crippen LogP contribution in [0.25, 0.3) is 11.1 Å². The smallest absolute Gasteiger partial charge is 0.242 e. The van der Waals surface area contributed by atoms with Crippen LogP contribution >= 0.6 is 11.6 Å². The van der Waals surface area contributed by atoms with Crippen molar-refractivity contribution in [3.8, 4) is 16.9 Å². The number of fused-ring (bicyclic) bond motifs is 1. The van der Waals surface area contributed by atoms with E-state index in [1.165, 1.54) is 5.56 Å². The fourth-order valence-electron chi connectivity index (χ4n) is 3.70. The molecule has 2 aromatic carbocycles. The van der Waals surface area contributed by atoms with Crippen LogP contribution in [0.4, 0.5) is 0 Å². The first-order valence-corrected chi connectivity index (χ1v) is 9.50. The van der Waals surface area contributed by atoms with Gasteiger partial charge in [-0.1, -0.05) is 29.8 Å². The molecule has 6 heteroatoms. The summed E-state index contributed by atoms with van der Waals surface area (Å²) >= 11 is 6.01. The number of benzene rings is 2. The Balaban J connectivity index is 1.46. The van der Waals surface area contributed by atoms with Gasteiger partial charge in [0.25, 0.3) is 0 Å². The molecule has 0 unspecified atom stereocenters. The van der Waals surface area contributed by atoms with Crippen molar-refractivity contribution in [2.45, 2.75) is 38.3 Å². The van der Waals surface area contributed by atoms with Crippen LogP contribution in [0, 0.1) is 6.92 Å². The molecular formula is C21H21ClN2O3. The summed E-state index contributed by atoms with van der Waals surface area (Å²) < 4.78 is 6.18. The molecule has 4 rings (SSSR count). The first kappa shape index (κ1) is 17.9. The lowest BCUT2D eigenvalue weighted by atomic mass is 9.98. The van der Waals surface area contributed by atoms with Crippen molar-refractivity contribution < 1.29 is 14.3 Å². The Hall–Kier alpha value is -2.53. The number of halogens is 1. The third-order valence-corrected chi connectivity index (χ3v) is 5.27. The number of rotatable bonds is 4. The summed E-state index contributed by atoms with van der Waals surface area (Å²) in [6.45, 7) is 2.48. The summed E-state index contributed by atoms with van der Waals surface area (Å²) in [5, 5.41) is 6.29. The third kappa shape index (κ3) is 3.78. The van der Waals surface area contributed by atoms with Crippen molar-refractivity contribution in [3.05, 3.63) is 52.5 Å². The average molecular weight is 385 g/mol. The number of aryl methyl sites for hydroxylation is 1. The van der Waals surface area contributed by atoms with Gasteiger partial charge in [0.15, 0.2) is 0 Å². The topological polar surface area (TPSA) is 67.4 Å². The predicted molar refractivity (Wildman–Crippen MR) is 104 cm³/mol. The Bertz CT molecular complexity index is 895. The molecule has 140 valence electrons. The van der Waals surface area contributed by atoms with E-state index in [0.717, 1.165) is 28.9 Å². The van der Waals surface area contributed by atoms with E-state index < -0.39 is 6.04 Å². The zero-order chi connectivity index (χ0) is 19.0. The zero-order valence-corrected chi connectivity index (χ0v) is 15.8. The van der Waals surface area contributed by atoms with Gasteiger partial charge in [0.2, 0.25) is 11.8 Å². The molecule has 0 aromatic heterocycles. The van der Waals surface area contributed by atoms with Gasteiger partial charge in [-0.15, -0.1) is 0 Å². The van der Waals surface area contributed by atoms with Gasteiger partial charge < -0.3 is 15.4 Å². The van der Waals surface area contributed by atoms with Gasteiger partial charge in [0.1, 0.15) is 17.9 Å². The molecule has 2 aliphatic rings. The van der Waals surface area contributed by atoms with E-state index in [-0.39, 0.29) is 17.9 Å². The van der Waals surface area contributed by atoms with E-state index in [0.29, 0.717) is 24.4 Å². The highest BCUT2D eigenvalue weighted by Crippen LogP contribution is 2.40. The molecule has 1 fully saturated rings. The van der Waals surface area contributed by atoms with Crippen LogP contribution in [0.1, 0.15) is 24.0 Å². The summed E-state index contributed by atoms with van der Waals surface area (Å²) in [6.07, 6.45) is 1.59. The Morgan fingerprint density at radius 1 is 1.30 bits per heavy atom. The van der Waals surface area contributed by atoms with E-state index in [9.17, 15) is 9.59 Å². The summed E-state index contributed by atoms with van der Waals surface area (Å²) in [7, 11) is 0. The monoisotopic (exact) mass is 384 g/mol. The van der Waals surface area contributed by atoms with Crippen molar-refractivity contribution in [1.29, 1.82) is 0 Å². The first-order chi connectivity index (χ1) is 13.0. The van der Waals surface area contributed by atoms with Gasteiger partial charge in [-0.2, -0.15) is 0 Å². The number of hydrogen-bond donors (Lipinski definition) is 2. The third-order valence-electron chi connectivity index (χ3n) is 5.01. The van der Waals surface area contributed by atoms with Crippen LogP contribution in [0.2, 0.25) is 5.02 Å². The lowest BCUT2D eigenvalue weighted by Gasteiger charge is -2.16. The van der Waals surface area contributed by atoms with Crippen LogP contribution in [0.3, 0.4) is 0 Å². The van der Waals surface area contributed by atoms with Crippen molar-refractivity contribution in [1.82, 2.24) is 10.6 Å². The second-order valence-corrected chi connectivity index (χ2v) is 7.59. The maximum atomic E-state index is 12.2. The van der Waals surface area contributed by atoms with E-state index in [1.807, 2.05) is 24.3 Å². The van der Waals surface area contributed by atoms with Gasteiger partial charge in [0.05, 0.1) is 6.54 Å². The highest BCUT2D eigenvalue weighted by atomic mass is 35.5. The second kappa shape index (κ2) is 7.24. The Morgan fingerprint density at radius 3 is 2.78 bits per heavy atom. The van der Waals surface area contributed by atoms with E-state index in [4.69, 9.17) is 16.3 Å². The van der Waals surface area contributed by atoms with Crippen molar-refractivity contribution >= 4 is 23.4 Å². The van der Waals surface area contributed by atoms with Crippen LogP contribution in [-0.2, 0) is 16.0 Å². The van der Waals surface area contributed by atoms with Crippen LogP contribution in [0.5, 0.6) is 5.75 Å². The minimum absolute atomic E-state index is 0.0669. The normalized spacial score (nSPS) is 20.7. The van der Waals surface area contributed by atoms with Crippen LogP contribution in [-0.4, -0.2) is 30.5 Å². The molecule has 1 saturated heterocycles. The molecule has 5 nitrogen and oxygen atoms in total. The molecule has 0 radical (unpaired) electrons. The molecule has 0 bridgehead atoms. The summed E-state index contributed by atoms with van der Waals surface area (Å²) in [5.74, 6) is 0.661. The molecule has 2 atom stereocenters. The van der Waals surface area contributed by atoms with Gasteiger partial charge in [-0.05, 0) is 48.2 Å². The molecule has 2 amide bonds. The number of carbonyl (C=O) groups is 2. The highest BCUT2D eigenvalue weighted by Gasteiger charge is 2.30. The van der Waals surface area contributed by atoms with Gasteiger partial charge in [-0.25, -0.2) is 0 Å². The van der Waals surface area contributed by atoms with Gasteiger partial charge >= 0.3 is 0 Å². The summed E-state index contributed by atoms with van der Waals surface area (Å²) in [4.78, 5) is 23.5. The molecule has 27 heavy (non-hydrogen) atoms. The fourth-order valence-corrected chi connectivity index (χ4v) is 3.82. The van der Waals surface area contributed by atoms with E-state index in [1.54, 1.807) is 0 Å². The number of ether oxygens (including phenoxy) is 1. The molecule has 2 aliphatic heterocycles. The molecule has 0 aliphatic carbocycles. The second-order valence-electron chi connectivity index (χ2n) is 7.16. The van der Waals surface area contributed by atoms with Gasteiger partial charge in [-0.3, -0.25) is 9.59 Å². The minimum Gasteiger partial charge on any atom is -0.487 e. The maximum Gasteiger partial charge on any atom is 0.242 e. The van der Waals surface area contributed by atoms with Crippen molar-refractivity contribution in [3.63, 3.8) is 0 Å². The highest BCUT2D eigenvalue weighted by molar-refractivity contribution is 6.30. The summed E-state index contributed by atoms with van der Waals surface area (Å²) in [5.41, 5.74) is 4.41. The first-order valence-electron chi connectivity index (χ1n) is 9.13. The number of carbonyl (C=O) groups excluding carboxylic acids is 2. The van der Waals surface area contributed by atoms with E-state index in [2.05, 4.69) is 29.7 Å². The van der Waals surface area contributed by atoms with Crippen molar-refractivity contribution in [2.24, 2.45) is 0 Å². The molecule has 2 aromatic rings. The quantitative estimate of drug-likeness (QED) is 0.851. The van der Waals surface area contributed by atoms with E-state index >= 15 is 0 Å². The minimum atomic E-state index is -0.423. The number of nitrogens with one attached hydrogen (secondary N) is 2. The lowest BCUT2D eigenvalue weighted by molar-refractivity contribution is -0.126. The lowest BCUT2D eigenvalue weighted by Crippen LogP contribution is -2.44. The average Bonchev–Trinajstić information content (AvgIpc) is 3.25. The Morgan fingerprint density at radius 2 is 2.07 bits per heavy atom. The number of hydrogen-bond acceptors (Lipinski definition) is 3. The maximum absolute atomic E-state index is 12.2. The molecule has 0 spiro atoms. The Labute approximate surface area is 163 Å². The molecule has 0 saturated carbocycles. The fraction of sp³-hybridized carbons (Fsp3) is 0.333. The zero-order valence-electron chi connectivity index (χ0n) is 15.0. The predicted octanol–water partition coefficient (Wildman–Crippen LogP) is 3.01. The Kier molecular flexibility index (Phi) is 4.79. The summed E-state index contributed by atoms with van der Waals surface area (Å²) in [6, 6.07) is 11.5. The molecule has 2 N–H and O–H groups in total. The molecular weight excluding hydrogens is 364 g/mol.